The molecule has 1 nitrogen and oxygen atoms in total. The van der Waals surface area contributed by atoms with Crippen molar-refractivity contribution in [2.75, 3.05) is 0 Å². The molecule has 0 saturated heterocycles. The van der Waals surface area contributed by atoms with Crippen molar-refractivity contribution in [1.29, 1.82) is 0 Å². The maximum absolute atomic E-state index is 11.6. The Morgan fingerprint density at radius 3 is 2.43 bits per heavy atom. The van der Waals surface area contributed by atoms with Crippen molar-refractivity contribution in [3.05, 3.63) is 24.2 Å². The quantitative estimate of drug-likeness (QED) is 0.483. The molecule has 0 bridgehead atoms. The second kappa shape index (κ2) is 1.33. The molecule has 7 heavy (non-hydrogen) atoms. The van der Waals surface area contributed by atoms with Gasteiger partial charge in [-0.2, -0.15) is 4.39 Å². The summed E-state index contributed by atoms with van der Waals surface area (Å²) >= 11 is 0. The third-order valence-corrected chi connectivity index (χ3v) is 0.521. The number of furan rings is 1. The smallest absolute Gasteiger partial charge is 0.211 e. The minimum Gasteiger partial charge on any atom is -0.455 e. The summed E-state index contributed by atoms with van der Waals surface area (Å²) in [5.74, 6) is -2.07. The molecule has 0 atom stereocenters. The lowest BCUT2D eigenvalue weighted by Crippen LogP contribution is -1.67. The minimum atomic E-state index is -1.07. The summed E-state index contributed by atoms with van der Waals surface area (Å²) in [6.07, 6.45) is 2.30. The summed E-state index contributed by atoms with van der Waals surface area (Å²) in [6, 6.07) is 0. The van der Waals surface area contributed by atoms with Crippen LogP contribution in [-0.4, -0.2) is 0 Å². The van der Waals surface area contributed by atoms with Crippen LogP contribution in [0.4, 0.5) is 8.78 Å². The molecule has 0 aliphatic heterocycles. The molecule has 0 fully saturated rings. The maximum Gasteiger partial charge on any atom is 0.211 e. The van der Waals surface area contributed by atoms with Gasteiger partial charge < -0.3 is 4.42 Å². The largest absolute Gasteiger partial charge is 0.455 e. The van der Waals surface area contributed by atoms with E-state index in [9.17, 15) is 8.78 Å². The molecule has 0 aliphatic rings. The van der Waals surface area contributed by atoms with Crippen LogP contribution in [0.2, 0.25) is 0 Å². The summed E-state index contributed by atoms with van der Waals surface area (Å²) in [5.41, 5.74) is 0. The molecule has 37 valence electrons. The lowest BCUT2D eigenvalue weighted by Gasteiger charge is -1.66. The van der Waals surface area contributed by atoms with Crippen molar-refractivity contribution >= 4 is 0 Å². The van der Waals surface area contributed by atoms with E-state index in [1.807, 2.05) is 0 Å². The Kier molecular flexibility index (Phi) is 0.817. The molecule has 1 aromatic heterocycles. The van der Waals surface area contributed by atoms with Crippen LogP contribution in [0, 0.1) is 17.9 Å². The topological polar surface area (TPSA) is 13.1 Å². The highest BCUT2D eigenvalue weighted by atomic mass is 19.2. The van der Waals surface area contributed by atoms with Gasteiger partial charge in [0.15, 0.2) is 5.82 Å². The van der Waals surface area contributed by atoms with Crippen molar-refractivity contribution in [1.82, 2.24) is 0 Å². The number of halogens is 2. The predicted octanol–water partition coefficient (Wildman–Crippen LogP) is 1.36. The van der Waals surface area contributed by atoms with Crippen LogP contribution in [0.15, 0.2) is 10.7 Å². The molecule has 0 aliphatic carbocycles. The molecule has 1 heterocycles. The number of hydrogen-bond donors (Lipinski definition) is 0. The van der Waals surface area contributed by atoms with Crippen LogP contribution in [0.1, 0.15) is 0 Å². The third kappa shape index (κ3) is 0.607. The molecule has 0 unspecified atom stereocenters. The summed E-state index contributed by atoms with van der Waals surface area (Å²) in [5, 5.41) is 0. The minimum absolute atomic E-state index is 0.648. The van der Waals surface area contributed by atoms with Crippen molar-refractivity contribution in [2.24, 2.45) is 0 Å². The molecule has 0 aromatic carbocycles. The first kappa shape index (κ1) is 4.30. The lowest BCUT2D eigenvalue weighted by molar-refractivity contribution is 0.514. The molecule has 0 saturated carbocycles. The van der Waals surface area contributed by atoms with Gasteiger partial charge in [0.05, 0.1) is 0 Å². The van der Waals surface area contributed by atoms with E-state index in [0.29, 0.717) is 6.26 Å². The van der Waals surface area contributed by atoms with Crippen LogP contribution >= 0.6 is 0 Å². The molecule has 0 amide bonds. The van der Waals surface area contributed by atoms with Gasteiger partial charge in [-0.1, -0.05) is 0 Å². The maximum atomic E-state index is 11.6. The van der Waals surface area contributed by atoms with Gasteiger partial charge in [-0.3, -0.25) is 0 Å². The van der Waals surface area contributed by atoms with Gasteiger partial charge in [-0.25, -0.2) is 4.39 Å². The normalized spacial score (nSPS) is 9.43. The molecule has 1 radical (unpaired) electrons. The van der Waals surface area contributed by atoms with Crippen LogP contribution in [-0.2, 0) is 0 Å². The zero-order valence-electron chi connectivity index (χ0n) is 3.24. The summed E-state index contributed by atoms with van der Waals surface area (Å²) in [7, 11) is 0. The molecular formula is C4HF2O. The Bertz CT molecular complexity index is 142. The molecule has 1 aromatic rings. The van der Waals surface area contributed by atoms with Crippen molar-refractivity contribution in [3.8, 4) is 0 Å². The van der Waals surface area contributed by atoms with Gasteiger partial charge in [-0.05, 0) is 0 Å². The summed E-state index contributed by atoms with van der Waals surface area (Å²) in [4.78, 5) is 0. The van der Waals surface area contributed by atoms with E-state index in [1.54, 1.807) is 6.26 Å². The Morgan fingerprint density at radius 2 is 2.29 bits per heavy atom. The second-order valence-corrected chi connectivity index (χ2v) is 1.000. The zero-order valence-corrected chi connectivity index (χ0v) is 3.24. The Morgan fingerprint density at radius 1 is 1.57 bits per heavy atom. The molecule has 0 N–H and O–H groups in total. The Balaban J connectivity index is 3.12. The van der Waals surface area contributed by atoms with Crippen LogP contribution in [0.3, 0.4) is 0 Å². The zero-order chi connectivity index (χ0) is 5.28. The van der Waals surface area contributed by atoms with Gasteiger partial charge in [0.2, 0.25) is 12.1 Å². The van der Waals surface area contributed by atoms with Crippen molar-refractivity contribution in [2.45, 2.75) is 0 Å². The van der Waals surface area contributed by atoms with E-state index in [2.05, 4.69) is 4.42 Å². The monoisotopic (exact) mass is 103 g/mol. The average Bonchev–Trinajstić information content (AvgIpc) is 1.91. The molecule has 3 heteroatoms. The van der Waals surface area contributed by atoms with E-state index in [0.717, 1.165) is 0 Å². The Labute approximate surface area is 38.6 Å². The summed E-state index contributed by atoms with van der Waals surface area (Å²) < 4.78 is 27.1. The van der Waals surface area contributed by atoms with Crippen LogP contribution in [0.25, 0.3) is 0 Å². The lowest BCUT2D eigenvalue weighted by atomic mass is 10.6. The summed E-state index contributed by atoms with van der Waals surface area (Å²) in [6.45, 7) is 0. The fourth-order valence-electron chi connectivity index (χ4n) is 0.233. The van der Waals surface area contributed by atoms with E-state index in [1.165, 1.54) is 0 Å². The number of rotatable bonds is 0. The fourth-order valence-corrected chi connectivity index (χ4v) is 0.233. The predicted molar refractivity (Wildman–Crippen MR) is 17.5 cm³/mol. The van der Waals surface area contributed by atoms with E-state index < -0.39 is 11.6 Å². The van der Waals surface area contributed by atoms with Crippen molar-refractivity contribution in [3.63, 3.8) is 0 Å². The highest BCUT2D eigenvalue weighted by Crippen LogP contribution is 2.02. The first-order valence-corrected chi connectivity index (χ1v) is 1.61. The SMILES string of the molecule is Fc1[c]occ1F. The van der Waals surface area contributed by atoms with Crippen LogP contribution in [0.5, 0.6) is 0 Å². The van der Waals surface area contributed by atoms with E-state index in [4.69, 9.17) is 0 Å². The molecule has 1 rings (SSSR count). The highest BCUT2D eigenvalue weighted by molar-refractivity contribution is 4.88. The van der Waals surface area contributed by atoms with Gasteiger partial charge >= 0.3 is 0 Å². The van der Waals surface area contributed by atoms with E-state index in [-0.39, 0.29) is 0 Å². The van der Waals surface area contributed by atoms with Gasteiger partial charge in [0, 0.05) is 0 Å². The highest BCUT2D eigenvalue weighted by Gasteiger charge is 2.00. The molecular weight excluding hydrogens is 102 g/mol. The first-order valence-electron chi connectivity index (χ1n) is 1.61. The van der Waals surface area contributed by atoms with Crippen LogP contribution < -0.4 is 0 Å². The third-order valence-electron chi connectivity index (χ3n) is 0.521. The first-order chi connectivity index (χ1) is 3.30. The average molecular weight is 103 g/mol. The van der Waals surface area contributed by atoms with Gasteiger partial charge in [-0.15, -0.1) is 0 Å². The van der Waals surface area contributed by atoms with Gasteiger partial charge in [0.25, 0.3) is 0 Å². The standard InChI is InChI=1S/C4HF2O/c5-3-1-7-2-4(3)6/h1H. The van der Waals surface area contributed by atoms with Gasteiger partial charge in [0.1, 0.15) is 6.26 Å². The number of hydrogen-bond acceptors (Lipinski definition) is 1. The Hall–Kier alpha value is -0.860. The van der Waals surface area contributed by atoms with E-state index >= 15 is 0 Å². The fraction of sp³-hybridized carbons (Fsp3) is 0. The molecule has 0 spiro atoms. The van der Waals surface area contributed by atoms with Crippen molar-refractivity contribution < 1.29 is 13.2 Å². The second-order valence-electron chi connectivity index (χ2n) is 1.000.